The third kappa shape index (κ3) is 3.96. The molecule has 0 aliphatic carbocycles. The van der Waals surface area contributed by atoms with E-state index in [-0.39, 0.29) is 29.7 Å². The summed E-state index contributed by atoms with van der Waals surface area (Å²) >= 11 is 2.34. The molecule has 3 amide bonds. The van der Waals surface area contributed by atoms with Crippen molar-refractivity contribution in [3.8, 4) is 0 Å². The third-order valence-electron chi connectivity index (χ3n) is 4.97. The number of carbonyl (C=O) groups excluding carboxylic acids is 2. The number of amides is 3. The Morgan fingerprint density at radius 1 is 1.44 bits per heavy atom. The van der Waals surface area contributed by atoms with Crippen LogP contribution < -0.4 is 10.6 Å². The number of carbonyl (C=O) groups is 2. The summed E-state index contributed by atoms with van der Waals surface area (Å²) in [5.74, 6) is 0.0798. The molecule has 2 aliphatic rings. The van der Waals surface area contributed by atoms with E-state index >= 15 is 0 Å². The SMILES string of the molecule is Cc1cc2c(cc1F)CCN(C(=O)CCC1NC(=O)N[C]1=[V])CC2C. The van der Waals surface area contributed by atoms with Crippen molar-refractivity contribution in [1.82, 2.24) is 15.5 Å². The van der Waals surface area contributed by atoms with Crippen molar-refractivity contribution < 1.29 is 31.0 Å². The van der Waals surface area contributed by atoms with Gasteiger partial charge in [-0.3, -0.25) is 0 Å². The fourth-order valence-corrected chi connectivity index (χ4v) is 3.98. The van der Waals surface area contributed by atoms with Crippen LogP contribution in [0.15, 0.2) is 12.1 Å². The molecule has 2 N–H and O–H groups in total. The quantitative estimate of drug-likeness (QED) is 0.837. The number of rotatable bonds is 3. The first-order chi connectivity index (χ1) is 11.8. The van der Waals surface area contributed by atoms with Crippen LogP contribution in [0.1, 0.15) is 42.4 Å². The van der Waals surface area contributed by atoms with E-state index in [0.717, 1.165) is 15.5 Å². The standard InChI is InChI=1S/C18H22FN3O2.V/c1-11-7-15-12(2)10-22(6-5-13(15)8-16(11)19)17(23)4-3-14-9-20-18(24)21-14;/h7-8,12,14H,3-6,10H2,1-2H3,(H2,20,21,24);. The predicted molar refractivity (Wildman–Crippen MR) is 89.5 cm³/mol. The van der Waals surface area contributed by atoms with Crippen LogP contribution in [0.5, 0.6) is 0 Å². The van der Waals surface area contributed by atoms with Crippen LogP contribution in [0.3, 0.4) is 0 Å². The minimum absolute atomic E-state index is 0.0818. The van der Waals surface area contributed by atoms with E-state index in [2.05, 4.69) is 34.5 Å². The number of urea groups is 1. The van der Waals surface area contributed by atoms with Gasteiger partial charge in [0.2, 0.25) is 0 Å². The number of fused-ring (bicyclic) bond motifs is 1. The van der Waals surface area contributed by atoms with Crippen LogP contribution in [-0.4, -0.2) is 40.3 Å². The summed E-state index contributed by atoms with van der Waals surface area (Å²) in [7, 11) is 0. The molecule has 0 aromatic heterocycles. The van der Waals surface area contributed by atoms with Gasteiger partial charge in [-0.05, 0) is 0 Å². The summed E-state index contributed by atoms with van der Waals surface area (Å²) in [5, 5.41) is 5.48. The zero-order chi connectivity index (χ0) is 18.1. The van der Waals surface area contributed by atoms with Gasteiger partial charge in [-0.1, -0.05) is 0 Å². The van der Waals surface area contributed by atoms with E-state index < -0.39 is 0 Å². The Morgan fingerprint density at radius 3 is 2.88 bits per heavy atom. The molecule has 3 rings (SSSR count). The van der Waals surface area contributed by atoms with Gasteiger partial charge in [-0.2, -0.15) is 0 Å². The van der Waals surface area contributed by atoms with Crippen LogP contribution in [0.2, 0.25) is 0 Å². The van der Waals surface area contributed by atoms with Crippen LogP contribution in [0.4, 0.5) is 9.18 Å². The van der Waals surface area contributed by atoms with Gasteiger partial charge < -0.3 is 0 Å². The number of hydrogen-bond donors (Lipinski definition) is 2. The zero-order valence-electron chi connectivity index (χ0n) is 14.4. The molecule has 5 nitrogen and oxygen atoms in total. The van der Waals surface area contributed by atoms with Crippen molar-refractivity contribution >= 4 is 16.3 Å². The minimum atomic E-state index is -0.218. The molecule has 0 bridgehead atoms. The number of hydrogen-bond acceptors (Lipinski definition) is 2. The molecule has 0 radical (unpaired) electrons. The van der Waals surface area contributed by atoms with E-state index in [4.69, 9.17) is 0 Å². The zero-order valence-corrected chi connectivity index (χ0v) is 15.8. The molecule has 2 heterocycles. The van der Waals surface area contributed by atoms with Gasteiger partial charge in [-0.15, -0.1) is 0 Å². The van der Waals surface area contributed by atoms with Crippen LogP contribution in [-0.2, 0) is 28.2 Å². The first kappa shape index (κ1) is 18.1. The first-order valence-corrected chi connectivity index (χ1v) is 9.25. The van der Waals surface area contributed by atoms with Crippen molar-refractivity contribution in [1.29, 1.82) is 0 Å². The van der Waals surface area contributed by atoms with E-state index in [1.54, 1.807) is 13.0 Å². The van der Waals surface area contributed by atoms with Crippen LogP contribution in [0, 0.1) is 12.7 Å². The second-order valence-electron chi connectivity index (χ2n) is 6.87. The Labute approximate surface area is 155 Å². The van der Waals surface area contributed by atoms with E-state index in [0.29, 0.717) is 37.9 Å². The maximum atomic E-state index is 13.9. The molecule has 1 aromatic carbocycles. The number of nitrogens with zero attached hydrogens (tertiary/aromatic N) is 1. The van der Waals surface area contributed by atoms with Gasteiger partial charge in [0.1, 0.15) is 0 Å². The fourth-order valence-electron chi connectivity index (χ4n) is 3.52. The average Bonchev–Trinajstić information content (AvgIpc) is 2.79. The Morgan fingerprint density at radius 2 is 2.20 bits per heavy atom. The van der Waals surface area contributed by atoms with Gasteiger partial charge in [-0.25, -0.2) is 0 Å². The van der Waals surface area contributed by atoms with Gasteiger partial charge in [0, 0.05) is 0 Å². The normalized spacial score (nSPS) is 22.9. The molecule has 0 spiro atoms. The molecule has 133 valence electrons. The van der Waals surface area contributed by atoms with Crippen molar-refractivity contribution in [2.75, 3.05) is 13.1 Å². The van der Waals surface area contributed by atoms with Crippen LogP contribution in [0.25, 0.3) is 0 Å². The van der Waals surface area contributed by atoms with Crippen molar-refractivity contribution in [2.24, 2.45) is 0 Å². The molecule has 7 heteroatoms. The molecule has 2 aliphatic heterocycles. The Balaban J connectivity index is 1.63. The maximum absolute atomic E-state index is 13.9. The molecular formula is C18H22FN3O2V. The van der Waals surface area contributed by atoms with E-state index in [9.17, 15) is 14.0 Å². The second-order valence-corrected chi connectivity index (χ2v) is 7.62. The van der Waals surface area contributed by atoms with Gasteiger partial charge in [0.05, 0.1) is 0 Å². The summed E-state index contributed by atoms with van der Waals surface area (Å²) in [6, 6.07) is 3.20. The summed E-state index contributed by atoms with van der Waals surface area (Å²) in [4.78, 5) is 25.8. The second kappa shape index (κ2) is 7.30. The molecule has 25 heavy (non-hydrogen) atoms. The van der Waals surface area contributed by atoms with E-state index in [1.807, 2.05) is 11.0 Å². The molecule has 1 fully saturated rings. The Bertz CT molecular complexity index is 737. The Kier molecular flexibility index (Phi) is 5.30. The van der Waals surface area contributed by atoms with Gasteiger partial charge in [0.15, 0.2) is 0 Å². The summed E-state index contributed by atoms with van der Waals surface area (Å²) in [5.41, 5.74) is 2.79. The number of nitrogens with one attached hydrogen (secondary N) is 2. The summed E-state index contributed by atoms with van der Waals surface area (Å²) in [6.07, 6.45) is 1.63. The molecule has 1 saturated heterocycles. The molecule has 1 aromatic rings. The molecule has 2 atom stereocenters. The predicted octanol–water partition coefficient (Wildman–Crippen LogP) is 1.76. The van der Waals surface area contributed by atoms with Crippen molar-refractivity contribution in [2.45, 2.75) is 45.1 Å². The van der Waals surface area contributed by atoms with Gasteiger partial charge >= 0.3 is 156 Å². The third-order valence-corrected chi connectivity index (χ3v) is 5.63. The summed E-state index contributed by atoms with van der Waals surface area (Å²) in [6.45, 7) is 5.10. The average molecular weight is 382 g/mol. The van der Waals surface area contributed by atoms with Gasteiger partial charge in [0.25, 0.3) is 0 Å². The monoisotopic (exact) mass is 382 g/mol. The summed E-state index contributed by atoms with van der Waals surface area (Å²) < 4.78 is 14.7. The van der Waals surface area contributed by atoms with E-state index in [1.165, 1.54) is 0 Å². The topological polar surface area (TPSA) is 61.4 Å². The number of benzene rings is 1. The first-order valence-electron chi connectivity index (χ1n) is 8.55. The number of aryl methyl sites for hydroxylation is 1. The number of halogens is 1. The molecular weight excluding hydrogens is 360 g/mol. The van der Waals surface area contributed by atoms with Crippen LogP contribution >= 0.6 is 0 Å². The van der Waals surface area contributed by atoms with Crippen molar-refractivity contribution in [3.63, 3.8) is 0 Å². The molecule has 0 saturated carbocycles. The molecule has 2 unspecified atom stereocenters. The fraction of sp³-hybridized carbons (Fsp3) is 0.500. The Hall–Kier alpha value is -1.66. The van der Waals surface area contributed by atoms with Crippen molar-refractivity contribution in [3.05, 3.63) is 34.6 Å².